The minimum atomic E-state index is -4.73. The van der Waals surface area contributed by atoms with Crippen molar-refractivity contribution >= 4 is 19.4 Å². The number of hydrogen-bond acceptors (Lipinski definition) is 8. The number of phosphoric acid groups is 1. The molecule has 0 unspecified atom stereocenters. The molecule has 0 heterocycles. The van der Waals surface area contributed by atoms with Crippen molar-refractivity contribution in [2.45, 2.75) is 25.7 Å². The Bertz CT molecular complexity index is 1390. The Morgan fingerprint density at radius 1 is 0.625 bits per heavy atom. The molecular formula is C30H26NaO8P. The molecule has 0 aliphatic heterocycles. The summed E-state index contributed by atoms with van der Waals surface area (Å²) in [4.78, 5) is 37.0. The summed E-state index contributed by atoms with van der Waals surface area (Å²) < 4.78 is 22.5. The number of aromatic hydroxyl groups is 2. The van der Waals surface area contributed by atoms with Crippen molar-refractivity contribution in [1.82, 2.24) is 0 Å². The summed E-state index contributed by atoms with van der Waals surface area (Å²) >= 11 is 0. The Morgan fingerprint density at radius 2 is 0.975 bits per heavy atom. The van der Waals surface area contributed by atoms with Gasteiger partial charge in [-0.1, -0.05) is 48.5 Å². The van der Waals surface area contributed by atoms with Crippen LogP contribution in [0.5, 0.6) is 23.0 Å². The van der Waals surface area contributed by atoms with Gasteiger partial charge in [-0.05, 0) is 72.5 Å². The van der Waals surface area contributed by atoms with Gasteiger partial charge in [0.2, 0.25) is 0 Å². The van der Waals surface area contributed by atoms with E-state index in [2.05, 4.69) is 0 Å². The molecule has 0 bridgehead atoms. The van der Waals surface area contributed by atoms with Crippen LogP contribution in [0.25, 0.3) is 0 Å². The number of phenolic OH excluding ortho intramolecular Hbond substituents is 2. The molecule has 0 amide bonds. The zero-order valence-electron chi connectivity index (χ0n) is 21.9. The van der Waals surface area contributed by atoms with Crippen LogP contribution in [0.4, 0.5) is 0 Å². The maximum Gasteiger partial charge on any atom is 1.00 e. The zero-order valence-corrected chi connectivity index (χ0v) is 24.8. The van der Waals surface area contributed by atoms with E-state index < -0.39 is 7.82 Å². The van der Waals surface area contributed by atoms with Gasteiger partial charge < -0.3 is 24.2 Å². The van der Waals surface area contributed by atoms with Gasteiger partial charge in [0.05, 0.1) is 11.1 Å². The average Bonchev–Trinajstić information content (AvgIpc) is 2.92. The number of benzene rings is 4. The number of phenols is 2. The standard InChI is InChI=1S/C30H27O8P.Na/c31-27-7-3-1-5-25(27)29(33)19-13-21-9-15-23(16-10-21)37-39(35,36)38-24-17-11-22(12-18-24)14-20-30(34)26-6-2-4-8-28(26)32;/h1-12,15-18,31-32H,13-14,19-20H2,(H,35,36);/q;+1/p-1. The topological polar surface area (TPSA) is 133 Å². The number of aryl methyl sites for hydroxylation is 2. The van der Waals surface area contributed by atoms with E-state index in [9.17, 15) is 29.3 Å². The van der Waals surface area contributed by atoms with Gasteiger partial charge in [-0.2, -0.15) is 0 Å². The van der Waals surface area contributed by atoms with E-state index in [1.54, 1.807) is 60.7 Å². The number of rotatable bonds is 12. The molecule has 10 heteroatoms. The van der Waals surface area contributed by atoms with Crippen LogP contribution in [0.3, 0.4) is 0 Å². The van der Waals surface area contributed by atoms with Gasteiger partial charge in [0.15, 0.2) is 11.6 Å². The molecule has 200 valence electrons. The second kappa shape index (κ2) is 14.3. The Hall–Kier alpha value is -3.39. The Balaban J connectivity index is 0.00000441. The number of carbonyl (C=O) groups excluding carboxylic acids is 2. The molecule has 0 saturated heterocycles. The summed E-state index contributed by atoms with van der Waals surface area (Å²) in [5.74, 6) is -0.400. The molecule has 4 aromatic rings. The van der Waals surface area contributed by atoms with Gasteiger partial charge in [-0.3, -0.25) is 9.59 Å². The molecular weight excluding hydrogens is 542 g/mol. The number of carbonyl (C=O) groups is 2. The van der Waals surface area contributed by atoms with Crippen molar-refractivity contribution < 1.29 is 67.9 Å². The third-order valence-electron chi connectivity index (χ3n) is 5.97. The van der Waals surface area contributed by atoms with E-state index >= 15 is 0 Å². The molecule has 0 radical (unpaired) electrons. The number of ketones is 2. The smallest absolute Gasteiger partial charge is 0.736 e. The molecule has 0 spiro atoms. The van der Waals surface area contributed by atoms with Crippen LogP contribution in [0.15, 0.2) is 97.1 Å². The fraction of sp³-hybridized carbons (Fsp3) is 0.133. The molecule has 2 N–H and O–H groups in total. The third kappa shape index (κ3) is 8.81. The number of hydrogen-bond donors (Lipinski definition) is 2. The van der Waals surface area contributed by atoms with Crippen molar-refractivity contribution in [2.24, 2.45) is 0 Å². The maximum absolute atomic E-state index is 12.4. The molecule has 0 aliphatic rings. The minimum absolute atomic E-state index is 0. The van der Waals surface area contributed by atoms with E-state index in [4.69, 9.17) is 9.05 Å². The Morgan fingerprint density at radius 3 is 1.32 bits per heavy atom. The van der Waals surface area contributed by atoms with Gasteiger partial charge in [0, 0.05) is 12.8 Å². The van der Waals surface area contributed by atoms with E-state index in [-0.39, 0.29) is 88.1 Å². The van der Waals surface area contributed by atoms with Crippen molar-refractivity contribution in [1.29, 1.82) is 0 Å². The predicted molar refractivity (Wildman–Crippen MR) is 143 cm³/mol. The van der Waals surface area contributed by atoms with Crippen molar-refractivity contribution in [3.8, 4) is 23.0 Å². The molecule has 8 nitrogen and oxygen atoms in total. The van der Waals surface area contributed by atoms with Crippen LogP contribution in [-0.2, 0) is 17.4 Å². The molecule has 0 aliphatic carbocycles. The Labute approximate surface area is 254 Å². The quantitative estimate of drug-likeness (QED) is 0.151. The number of Topliss-reactive ketones (excluding diaryl/α,β-unsaturated/α-hetero) is 2. The van der Waals surface area contributed by atoms with Gasteiger partial charge in [0.1, 0.15) is 23.0 Å². The summed E-state index contributed by atoms with van der Waals surface area (Å²) in [6, 6.07) is 25.2. The molecule has 0 saturated carbocycles. The van der Waals surface area contributed by atoms with Crippen LogP contribution in [0.1, 0.15) is 44.7 Å². The summed E-state index contributed by atoms with van der Waals surface area (Å²) in [5.41, 5.74) is 2.11. The van der Waals surface area contributed by atoms with Crippen molar-refractivity contribution in [3.63, 3.8) is 0 Å². The van der Waals surface area contributed by atoms with Crippen molar-refractivity contribution in [2.75, 3.05) is 0 Å². The van der Waals surface area contributed by atoms with Crippen LogP contribution >= 0.6 is 7.82 Å². The number of para-hydroxylation sites is 2. The third-order valence-corrected chi connectivity index (χ3v) is 6.84. The van der Waals surface area contributed by atoms with Crippen LogP contribution in [0.2, 0.25) is 0 Å². The average molecular weight is 568 g/mol. The summed E-state index contributed by atoms with van der Waals surface area (Å²) in [5, 5.41) is 19.6. The van der Waals surface area contributed by atoms with Gasteiger partial charge in [-0.25, -0.2) is 4.57 Å². The van der Waals surface area contributed by atoms with Crippen molar-refractivity contribution in [3.05, 3.63) is 119 Å². The van der Waals surface area contributed by atoms with E-state index in [0.29, 0.717) is 12.8 Å². The van der Waals surface area contributed by atoms with Crippen LogP contribution < -0.4 is 43.5 Å². The van der Waals surface area contributed by atoms with Gasteiger partial charge >= 0.3 is 37.4 Å². The molecule has 4 aromatic carbocycles. The van der Waals surface area contributed by atoms with E-state index in [0.717, 1.165) is 11.1 Å². The largest absolute Gasteiger partial charge is 1.00 e. The monoisotopic (exact) mass is 568 g/mol. The summed E-state index contributed by atoms with van der Waals surface area (Å²) in [6.45, 7) is 0. The molecule has 0 atom stereocenters. The molecule has 0 fully saturated rings. The summed E-state index contributed by atoms with van der Waals surface area (Å²) in [7, 11) is -4.73. The minimum Gasteiger partial charge on any atom is -0.736 e. The van der Waals surface area contributed by atoms with E-state index in [1.165, 1.54) is 36.4 Å². The second-order valence-electron chi connectivity index (χ2n) is 8.80. The van der Waals surface area contributed by atoms with Crippen LogP contribution in [0, 0.1) is 0 Å². The van der Waals surface area contributed by atoms with Crippen LogP contribution in [-0.4, -0.2) is 21.8 Å². The SMILES string of the molecule is O=C(CCc1ccc(OP(=O)([O-])Oc2ccc(CCC(=O)c3ccccc3O)cc2)cc1)c1ccccc1O.[Na+]. The first-order valence-corrected chi connectivity index (χ1v) is 13.7. The predicted octanol–water partition coefficient (Wildman–Crippen LogP) is 2.66. The first-order chi connectivity index (χ1) is 18.7. The fourth-order valence-corrected chi connectivity index (χ4v) is 4.71. The molecule has 0 aromatic heterocycles. The van der Waals surface area contributed by atoms with E-state index in [1.807, 2.05) is 0 Å². The van der Waals surface area contributed by atoms with Gasteiger partial charge in [-0.15, -0.1) is 0 Å². The summed E-state index contributed by atoms with van der Waals surface area (Å²) in [6.07, 6.45) is 1.17. The molecule has 4 rings (SSSR count). The number of phosphoric ester groups is 1. The molecule has 40 heavy (non-hydrogen) atoms. The Kier molecular flexibility index (Phi) is 11.1. The normalized spacial score (nSPS) is 10.8. The maximum atomic E-state index is 12.4. The first kappa shape index (κ1) is 31.1. The first-order valence-electron chi connectivity index (χ1n) is 12.2. The zero-order chi connectivity index (χ0) is 27.8. The van der Waals surface area contributed by atoms with Gasteiger partial charge in [0.25, 0.3) is 0 Å². The second-order valence-corrected chi connectivity index (χ2v) is 10.1. The fourth-order valence-electron chi connectivity index (χ4n) is 3.91.